The standard InChI is InChI=1S/C12H17NO/c1-2-14-10-7-6-9-4-3-5-12(13)11(9)8-10/h6-8,12H,2-5,13H2,1H3. The minimum absolute atomic E-state index is 0.208. The van der Waals surface area contributed by atoms with Crippen molar-refractivity contribution in [2.45, 2.75) is 32.2 Å². The van der Waals surface area contributed by atoms with Crippen molar-refractivity contribution in [1.82, 2.24) is 0 Å². The normalized spacial score (nSPS) is 20.3. The number of fused-ring (bicyclic) bond motifs is 1. The second kappa shape index (κ2) is 4.01. The van der Waals surface area contributed by atoms with Gasteiger partial charge in [0, 0.05) is 6.04 Å². The van der Waals surface area contributed by atoms with Gasteiger partial charge in [-0.1, -0.05) is 6.07 Å². The lowest BCUT2D eigenvalue weighted by molar-refractivity contribution is 0.339. The highest BCUT2D eigenvalue weighted by atomic mass is 16.5. The molecular formula is C12H17NO. The van der Waals surface area contributed by atoms with Gasteiger partial charge in [0.15, 0.2) is 0 Å². The predicted octanol–water partition coefficient (Wildman–Crippen LogP) is 2.42. The van der Waals surface area contributed by atoms with Crippen LogP contribution in [0.1, 0.15) is 36.9 Å². The Balaban J connectivity index is 2.31. The molecule has 0 aromatic heterocycles. The molecule has 2 heteroatoms. The summed E-state index contributed by atoms with van der Waals surface area (Å²) in [5.41, 5.74) is 8.73. The topological polar surface area (TPSA) is 35.2 Å². The van der Waals surface area contributed by atoms with Crippen LogP contribution in [-0.2, 0) is 6.42 Å². The molecule has 76 valence electrons. The lowest BCUT2D eigenvalue weighted by Gasteiger charge is -2.22. The third-order valence-corrected chi connectivity index (χ3v) is 2.79. The van der Waals surface area contributed by atoms with Gasteiger partial charge in [-0.2, -0.15) is 0 Å². The van der Waals surface area contributed by atoms with Crippen molar-refractivity contribution in [3.8, 4) is 5.75 Å². The van der Waals surface area contributed by atoms with Crippen molar-refractivity contribution in [2.24, 2.45) is 5.73 Å². The Kier molecular flexibility index (Phi) is 2.73. The van der Waals surface area contributed by atoms with Gasteiger partial charge in [-0.3, -0.25) is 0 Å². The van der Waals surface area contributed by atoms with Gasteiger partial charge in [0.2, 0.25) is 0 Å². The molecule has 1 atom stereocenters. The van der Waals surface area contributed by atoms with E-state index in [4.69, 9.17) is 10.5 Å². The van der Waals surface area contributed by atoms with Crippen LogP contribution in [0.2, 0.25) is 0 Å². The van der Waals surface area contributed by atoms with Crippen molar-refractivity contribution < 1.29 is 4.74 Å². The van der Waals surface area contributed by atoms with Crippen molar-refractivity contribution >= 4 is 0 Å². The Morgan fingerprint density at radius 2 is 2.36 bits per heavy atom. The minimum Gasteiger partial charge on any atom is -0.494 e. The smallest absolute Gasteiger partial charge is 0.119 e. The summed E-state index contributed by atoms with van der Waals surface area (Å²) in [7, 11) is 0. The molecule has 0 saturated heterocycles. The maximum absolute atomic E-state index is 6.06. The third-order valence-electron chi connectivity index (χ3n) is 2.79. The van der Waals surface area contributed by atoms with Gasteiger partial charge in [0.25, 0.3) is 0 Å². The summed E-state index contributed by atoms with van der Waals surface area (Å²) in [6.07, 6.45) is 3.47. The third kappa shape index (κ3) is 1.75. The summed E-state index contributed by atoms with van der Waals surface area (Å²) in [6.45, 7) is 2.72. The van der Waals surface area contributed by atoms with Gasteiger partial charge >= 0.3 is 0 Å². The minimum atomic E-state index is 0.208. The molecule has 0 heterocycles. The molecular weight excluding hydrogens is 174 g/mol. The van der Waals surface area contributed by atoms with E-state index < -0.39 is 0 Å². The summed E-state index contributed by atoms with van der Waals surface area (Å²) >= 11 is 0. The highest BCUT2D eigenvalue weighted by molar-refractivity contribution is 5.39. The maximum Gasteiger partial charge on any atom is 0.119 e. The summed E-state index contributed by atoms with van der Waals surface area (Å²) < 4.78 is 5.46. The average Bonchev–Trinajstić information content (AvgIpc) is 2.20. The SMILES string of the molecule is CCOc1ccc2c(c1)C(N)CCC2. The highest BCUT2D eigenvalue weighted by Gasteiger charge is 2.16. The number of nitrogens with two attached hydrogens (primary N) is 1. The molecule has 0 amide bonds. The van der Waals surface area contributed by atoms with Crippen LogP contribution in [0.15, 0.2) is 18.2 Å². The van der Waals surface area contributed by atoms with Crippen LogP contribution >= 0.6 is 0 Å². The van der Waals surface area contributed by atoms with Crippen LogP contribution in [0.25, 0.3) is 0 Å². The summed E-state index contributed by atoms with van der Waals surface area (Å²) in [6, 6.07) is 6.50. The Labute approximate surface area is 85.1 Å². The lowest BCUT2D eigenvalue weighted by atomic mass is 9.88. The van der Waals surface area contributed by atoms with Crippen LogP contribution < -0.4 is 10.5 Å². The van der Waals surface area contributed by atoms with Crippen molar-refractivity contribution in [1.29, 1.82) is 0 Å². The predicted molar refractivity (Wildman–Crippen MR) is 57.5 cm³/mol. The van der Waals surface area contributed by atoms with E-state index in [2.05, 4.69) is 12.1 Å². The van der Waals surface area contributed by atoms with E-state index >= 15 is 0 Å². The molecule has 1 unspecified atom stereocenters. The van der Waals surface area contributed by atoms with Crippen LogP contribution in [0.3, 0.4) is 0 Å². The number of benzene rings is 1. The lowest BCUT2D eigenvalue weighted by Crippen LogP contribution is -2.17. The fraction of sp³-hybridized carbons (Fsp3) is 0.500. The molecule has 0 radical (unpaired) electrons. The van der Waals surface area contributed by atoms with Crippen LogP contribution in [0, 0.1) is 0 Å². The van der Waals surface area contributed by atoms with E-state index in [1.54, 1.807) is 0 Å². The van der Waals surface area contributed by atoms with Crippen LogP contribution in [0.4, 0.5) is 0 Å². The molecule has 0 aliphatic heterocycles. The Morgan fingerprint density at radius 3 is 3.14 bits per heavy atom. The second-order valence-electron chi connectivity index (χ2n) is 3.79. The fourth-order valence-corrected chi connectivity index (χ4v) is 2.07. The number of rotatable bonds is 2. The molecule has 2 nitrogen and oxygen atoms in total. The van der Waals surface area contributed by atoms with Gasteiger partial charge in [-0.05, 0) is 49.4 Å². The molecule has 1 aromatic carbocycles. The maximum atomic E-state index is 6.06. The van der Waals surface area contributed by atoms with Gasteiger partial charge < -0.3 is 10.5 Å². The first-order valence-electron chi connectivity index (χ1n) is 5.32. The van der Waals surface area contributed by atoms with Crippen molar-refractivity contribution in [3.63, 3.8) is 0 Å². The van der Waals surface area contributed by atoms with Gasteiger partial charge in [0.1, 0.15) is 5.75 Å². The number of hydrogen-bond donors (Lipinski definition) is 1. The first-order valence-corrected chi connectivity index (χ1v) is 5.32. The molecule has 0 bridgehead atoms. The molecule has 1 aliphatic carbocycles. The summed E-state index contributed by atoms with van der Waals surface area (Å²) in [4.78, 5) is 0. The monoisotopic (exact) mass is 191 g/mol. The molecule has 1 aromatic rings. The van der Waals surface area contributed by atoms with E-state index in [9.17, 15) is 0 Å². The highest BCUT2D eigenvalue weighted by Crippen LogP contribution is 2.30. The molecule has 0 spiro atoms. The van der Waals surface area contributed by atoms with Crippen LogP contribution in [0.5, 0.6) is 5.75 Å². The van der Waals surface area contributed by atoms with Gasteiger partial charge in [-0.15, -0.1) is 0 Å². The first-order chi connectivity index (χ1) is 6.81. The molecule has 14 heavy (non-hydrogen) atoms. The molecule has 0 saturated carbocycles. The quantitative estimate of drug-likeness (QED) is 0.779. The zero-order chi connectivity index (χ0) is 9.97. The van der Waals surface area contributed by atoms with E-state index in [1.165, 1.54) is 17.5 Å². The van der Waals surface area contributed by atoms with E-state index in [0.717, 1.165) is 18.6 Å². The van der Waals surface area contributed by atoms with Crippen LogP contribution in [-0.4, -0.2) is 6.61 Å². The van der Waals surface area contributed by atoms with Gasteiger partial charge in [-0.25, -0.2) is 0 Å². The zero-order valence-corrected chi connectivity index (χ0v) is 8.62. The van der Waals surface area contributed by atoms with Crippen molar-refractivity contribution in [2.75, 3.05) is 6.61 Å². The zero-order valence-electron chi connectivity index (χ0n) is 8.62. The molecule has 0 fully saturated rings. The van der Waals surface area contributed by atoms with E-state index in [0.29, 0.717) is 6.61 Å². The summed E-state index contributed by atoms with van der Waals surface area (Å²) in [5, 5.41) is 0. The number of ether oxygens (including phenoxy) is 1. The average molecular weight is 191 g/mol. The Morgan fingerprint density at radius 1 is 1.50 bits per heavy atom. The Hall–Kier alpha value is -1.02. The Bertz CT molecular complexity index is 322. The molecule has 2 rings (SSSR count). The van der Waals surface area contributed by atoms with E-state index in [-0.39, 0.29) is 6.04 Å². The fourth-order valence-electron chi connectivity index (χ4n) is 2.07. The summed E-state index contributed by atoms with van der Waals surface area (Å²) in [5.74, 6) is 0.948. The number of aryl methyl sites for hydroxylation is 1. The van der Waals surface area contributed by atoms with Crippen molar-refractivity contribution in [3.05, 3.63) is 29.3 Å². The second-order valence-corrected chi connectivity index (χ2v) is 3.79. The number of hydrogen-bond acceptors (Lipinski definition) is 2. The van der Waals surface area contributed by atoms with E-state index in [1.807, 2.05) is 13.0 Å². The molecule has 1 aliphatic rings. The largest absolute Gasteiger partial charge is 0.494 e. The molecule has 2 N–H and O–H groups in total. The van der Waals surface area contributed by atoms with Gasteiger partial charge in [0.05, 0.1) is 6.61 Å². The first kappa shape index (κ1) is 9.53.